The summed E-state index contributed by atoms with van der Waals surface area (Å²) in [7, 11) is 0. The minimum absolute atomic E-state index is 0.0239. The van der Waals surface area contributed by atoms with Crippen molar-refractivity contribution >= 4 is 5.91 Å². The number of aromatic amines is 1. The van der Waals surface area contributed by atoms with Crippen LogP contribution in [0.5, 0.6) is 0 Å². The number of benzene rings is 1. The third-order valence-electron chi connectivity index (χ3n) is 4.68. The van der Waals surface area contributed by atoms with Gasteiger partial charge >= 0.3 is 0 Å². The maximum Gasteiger partial charge on any atom is 0.257 e. The van der Waals surface area contributed by atoms with Gasteiger partial charge in [0, 0.05) is 37.9 Å². The van der Waals surface area contributed by atoms with Crippen molar-refractivity contribution in [3.63, 3.8) is 0 Å². The lowest BCUT2D eigenvalue weighted by atomic mass is 10.1. The smallest absolute Gasteiger partial charge is 0.257 e. The molecule has 1 amide bonds. The number of aromatic nitrogens is 2. The second kappa shape index (κ2) is 8.27. The number of ether oxygens (including phenoxy) is 1. The summed E-state index contributed by atoms with van der Waals surface area (Å²) in [6.07, 6.45) is 1.62. The van der Waals surface area contributed by atoms with E-state index in [9.17, 15) is 4.79 Å². The van der Waals surface area contributed by atoms with Crippen molar-refractivity contribution in [1.82, 2.24) is 20.0 Å². The molecule has 1 aliphatic rings. The summed E-state index contributed by atoms with van der Waals surface area (Å²) in [5.41, 5.74) is 2.58. The predicted molar refractivity (Wildman–Crippen MR) is 96.4 cm³/mol. The molecule has 0 saturated carbocycles. The number of H-pyrrole nitrogens is 1. The standard InChI is InChI=1S/C19H26N4O2/c1-15(13-22-8-10-25-11-9-22)23(14-17-6-4-3-5-7-17)19(24)18-12-20-21-16(18)2/h3-7,12,15H,8-11,13-14H2,1-2H3,(H,20,21). The monoisotopic (exact) mass is 342 g/mol. The highest BCUT2D eigenvalue weighted by Crippen LogP contribution is 2.16. The van der Waals surface area contributed by atoms with Gasteiger partial charge < -0.3 is 9.64 Å². The first kappa shape index (κ1) is 17.6. The molecular formula is C19H26N4O2. The van der Waals surface area contributed by atoms with Crippen LogP contribution in [0.15, 0.2) is 36.5 Å². The molecule has 0 bridgehead atoms. The highest BCUT2D eigenvalue weighted by molar-refractivity contribution is 5.95. The average Bonchev–Trinajstić information content (AvgIpc) is 3.07. The van der Waals surface area contributed by atoms with Gasteiger partial charge in [-0.2, -0.15) is 5.10 Å². The van der Waals surface area contributed by atoms with Crippen LogP contribution in [-0.4, -0.2) is 64.8 Å². The van der Waals surface area contributed by atoms with Crippen LogP contribution < -0.4 is 0 Å². The van der Waals surface area contributed by atoms with Gasteiger partial charge in [-0.25, -0.2) is 0 Å². The Morgan fingerprint density at radius 3 is 2.68 bits per heavy atom. The summed E-state index contributed by atoms with van der Waals surface area (Å²) >= 11 is 0. The van der Waals surface area contributed by atoms with E-state index in [1.807, 2.05) is 30.0 Å². The van der Waals surface area contributed by atoms with Crippen LogP contribution >= 0.6 is 0 Å². The zero-order valence-corrected chi connectivity index (χ0v) is 14.9. The quantitative estimate of drug-likeness (QED) is 0.873. The Labute approximate surface area is 148 Å². The number of aryl methyl sites for hydroxylation is 1. The van der Waals surface area contributed by atoms with Crippen molar-refractivity contribution < 1.29 is 9.53 Å². The Morgan fingerprint density at radius 1 is 1.32 bits per heavy atom. The molecule has 1 unspecified atom stereocenters. The Kier molecular flexibility index (Phi) is 5.83. The summed E-state index contributed by atoms with van der Waals surface area (Å²) in [5, 5.41) is 6.87. The van der Waals surface area contributed by atoms with Crippen molar-refractivity contribution in [3.8, 4) is 0 Å². The van der Waals surface area contributed by atoms with Gasteiger partial charge in [0.25, 0.3) is 5.91 Å². The maximum absolute atomic E-state index is 13.1. The first-order chi connectivity index (χ1) is 12.1. The molecule has 6 nitrogen and oxygen atoms in total. The molecule has 1 N–H and O–H groups in total. The van der Waals surface area contributed by atoms with Gasteiger partial charge in [-0.3, -0.25) is 14.8 Å². The normalized spacial score (nSPS) is 16.6. The minimum Gasteiger partial charge on any atom is -0.379 e. The lowest BCUT2D eigenvalue weighted by Crippen LogP contribution is -2.48. The minimum atomic E-state index is 0.0239. The van der Waals surface area contributed by atoms with Crippen LogP contribution in [0.2, 0.25) is 0 Å². The van der Waals surface area contributed by atoms with E-state index in [4.69, 9.17) is 4.74 Å². The van der Waals surface area contributed by atoms with Crippen LogP contribution in [-0.2, 0) is 11.3 Å². The molecule has 3 rings (SSSR count). The fourth-order valence-electron chi connectivity index (χ4n) is 3.18. The number of hydrogen-bond acceptors (Lipinski definition) is 4. The molecule has 2 heterocycles. The van der Waals surface area contributed by atoms with E-state index in [0.717, 1.165) is 44.1 Å². The van der Waals surface area contributed by atoms with Gasteiger partial charge in [-0.1, -0.05) is 30.3 Å². The molecule has 6 heteroatoms. The van der Waals surface area contributed by atoms with Gasteiger partial charge in [0.1, 0.15) is 0 Å². The molecule has 1 saturated heterocycles. The number of hydrogen-bond donors (Lipinski definition) is 1. The molecule has 1 atom stereocenters. The predicted octanol–water partition coefficient (Wildman–Crippen LogP) is 2.08. The first-order valence-electron chi connectivity index (χ1n) is 8.80. The van der Waals surface area contributed by atoms with Gasteiger partial charge in [0.05, 0.1) is 25.0 Å². The van der Waals surface area contributed by atoms with E-state index < -0.39 is 0 Å². The number of carbonyl (C=O) groups is 1. The zero-order chi connectivity index (χ0) is 17.6. The van der Waals surface area contributed by atoms with Crippen molar-refractivity contribution in [2.45, 2.75) is 26.4 Å². The number of carbonyl (C=O) groups excluding carboxylic acids is 1. The zero-order valence-electron chi connectivity index (χ0n) is 14.9. The van der Waals surface area contributed by atoms with E-state index in [0.29, 0.717) is 12.1 Å². The summed E-state index contributed by atoms with van der Waals surface area (Å²) in [6, 6.07) is 10.2. The van der Waals surface area contributed by atoms with Crippen LogP contribution in [0.3, 0.4) is 0 Å². The molecule has 0 spiro atoms. The van der Waals surface area contributed by atoms with Crippen LogP contribution in [0, 0.1) is 6.92 Å². The Hall–Kier alpha value is -2.18. The molecule has 0 radical (unpaired) electrons. The van der Waals surface area contributed by atoms with Gasteiger partial charge in [-0.15, -0.1) is 0 Å². The SMILES string of the molecule is Cc1[nH]ncc1C(=O)N(Cc1ccccc1)C(C)CN1CCOCC1. The van der Waals surface area contributed by atoms with Gasteiger partial charge in [-0.05, 0) is 19.4 Å². The number of rotatable bonds is 6. The molecule has 0 aliphatic carbocycles. The highest BCUT2D eigenvalue weighted by atomic mass is 16.5. The van der Waals surface area contributed by atoms with E-state index in [-0.39, 0.29) is 11.9 Å². The van der Waals surface area contributed by atoms with Gasteiger partial charge in [0.15, 0.2) is 0 Å². The summed E-state index contributed by atoms with van der Waals surface area (Å²) < 4.78 is 5.42. The number of amides is 1. The Balaban J connectivity index is 1.77. The van der Waals surface area contributed by atoms with Crippen LogP contribution in [0.4, 0.5) is 0 Å². The molecule has 25 heavy (non-hydrogen) atoms. The van der Waals surface area contributed by atoms with E-state index in [1.165, 1.54) is 0 Å². The summed E-state index contributed by atoms with van der Waals surface area (Å²) in [5.74, 6) is 0.0239. The number of nitrogens with one attached hydrogen (secondary N) is 1. The Bertz CT molecular complexity index is 680. The lowest BCUT2D eigenvalue weighted by molar-refractivity contribution is 0.0228. The first-order valence-corrected chi connectivity index (χ1v) is 8.80. The second-order valence-corrected chi connectivity index (χ2v) is 6.59. The van der Waals surface area contributed by atoms with Crippen molar-refractivity contribution in [2.24, 2.45) is 0 Å². The lowest BCUT2D eigenvalue weighted by Gasteiger charge is -2.35. The summed E-state index contributed by atoms with van der Waals surface area (Å²) in [6.45, 7) is 8.80. The van der Waals surface area contributed by atoms with Crippen molar-refractivity contribution in [3.05, 3.63) is 53.3 Å². The molecule has 1 aliphatic heterocycles. The highest BCUT2D eigenvalue weighted by Gasteiger charge is 2.26. The van der Waals surface area contributed by atoms with E-state index in [1.54, 1.807) is 6.20 Å². The molecule has 1 aromatic carbocycles. The molecule has 1 fully saturated rings. The van der Waals surface area contributed by atoms with Crippen molar-refractivity contribution in [1.29, 1.82) is 0 Å². The van der Waals surface area contributed by atoms with Crippen LogP contribution in [0.1, 0.15) is 28.5 Å². The summed E-state index contributed by atoms with van der Waals surface area (Å²) in [4.78, 5) is 17.4. The third-order valence-corrected chi connectivity index (χ3v) is 4.68. The van der Waals surface area contributed by atoms with Crippen LogP contribution in [0.25, 0.3) is 0 Å². The molecular weight excluding hydrogens is 316 g/mol. The second-order valence-electron chi connectivity index (χ2n) is 6.59. The molecule has 1 aromatic heterocycles. The fraction of sp³-hybridized carbons (Fsp3) is 0.474. The van der Waals surface area contributed by atoms with E-state index >= 15 is 0 Å². The van der Waals surface area contributed by atoms with Crippen molar-refractivity contribution in [2.75, 3.05) is 32.8 Å². The Morgan fingerprint density at radius 2 is 2.04 bits per heavy atom. The van der Waals surface area contributed by atoms with Gasteiger partial charge in [0.2, 0.25) is 0 Å². The number of nitrogens with zero attached hydrogens (tertiary/aromatic N) is 3. The molecule has 2 aromatic rings. The topological polar surface area (TPSA) is 61.5 Å². The fourth-order valence-corrected chi connectivity index (χ4v) is 3.18. The largest absolute Gasteiger partial charge is 0.379 e. The maximum atomic E-state index is 13.1. The van der Waals surface area contributed by atoms with E-state index in [2.05, 4.69) is 34.2 Å². The average molecular weight is 342 g/mol. The third kappa shape index (κ3) is 4.46. The number of morpholine rings is 1. The molecule has 134 valence electrons.